The molecule has 3 aromatic rings. The molecule has 1 fully saturated rings. The minimum absolute atomic E-state index is 0.0251. The minimum Gasteiger partial charge on any atom is -0.494 e. The minimum atomic E-state index is -0.0251. The van der Waals surface area contributed by atoms with Gasteiger partial charge in [-0.2, -0.15) is 0 Å². The second-order valence-corrected chi connectivity index (χ2v) is 7.04. The van der Waals surface area contributed by atoms with Crippen molar-refractivity contribution in [2.45, 2.75) is 20.4 Å². The lowest BCUT2D eigenvalue weighted by Gasteiger charge is -2.34. The molecule has 1 aromatic carbocycles. The standard InChI is InChI=1S/C20H26N8O2/c1-3-28-20-18(24-25-28)19(21-14-22-20)27-11-9-26(10-12-27)13-17(29)23-15-5-7-16(8-6-15)30-4-2/h5-8,14H,3-4,9-13H2,1-2H3,(H,23,29). The molecular weight excluding hydrogens is 384 g/mol. The Bertz CT molecular complexity index is 996. The third kappa shape index (κ3) is 4.33. The molecule has 0 bridgehead atoms. The number of nitrogens with one attached hydrogen (secondary N) is 1. The van der Waals surface area contributed by atoms with Crippen LogP contribution in [-0.4, -0.2) is 75.1 Å². The van der Waals surface area contributed by atoms with E-state index in [9.17, 15) is 4.79 Å². The Balaban J connectivity index is 1.31. The molecule has 0 aliphatic carbocycles. The zero-order chi connectivity index (χ0) is 20.9. The van der Waals surface area contributed by atoms with Gasteiger partial charge in [-0.1, -0.05) is 5.21 Å². The van der Waals surface area contributed by atoms with Gasteiger partial charge < -0.3 is 15.0 Å². The van der Waals surface area contributed by atoms with Crippen LogP contribution >= 0.6 is 0 Å². The summed E-state index contributed by atoms with van der Waals surface area (Å²) in [5.41, 5.74) is 2.24. The summed E-state index contributed by atoms with van der Waals surface area (Å²) in [6, 6.07) is 7.42. The maximum Gasteiger partial charge on any atom is 0.238 e. The summed E-state index contributed by atoms with van der Waals surface area (Å²) < 4.78 is 7.19. The van der Waals surface area contributed by atoms with Crippen LogP contribution in [0.1, 0.15) is 13.8 Å². The summed E-state index contributed by atoms with van der Waals surface area (Å²) in [6.07, 6.45) is 1.56. The van der Waals surface area contributed by atoms with E-state index < -0.39 is 0 Å². The number of hydrogen-bond donors (Lipinski definition) is 1. The van der Waals surface area contributed by atoms with E-state index in [1.54, 1.807) is 11.0 Å². The Morgan fingerprint density at radius 1 is 1.10 bits per heavy atom. The molecule has 1 saturated heterocycles. The summed E-state index contributed by atoms with van der Waals surface area (Å²) in [7, 11) is 0. The zero-order valence-corrected chi connectivity index (χ0v) is 17.3. The maximum absolute atomic E-state index is 12.4. The third-order valence-corrected chi connectivity index (χ3v) is 5.07. The number of ether oxygens (including phenoxy) is 1. The number of piperazine rings is 1. The lowest BCUT2D eigenvalue weighted by Crippen LogP contribution is -2.49. The second kappa shape index (κ2) is 9.04. The van der Waals surface area contributed by atoms with Crippen molar-refractivity contribution in [2.75, 3.05) is 49.5 Å². The topological polar surface area (TPSA) is 101 Å². The molecule has 2 aromatic heterocycles. The van der Waals surface area contributed by atoms with E-state index in [0.717, 1.165) is 54.6 Å². The van der Waals surface area contributed by atoms with Gasteiger partial charge in [-0.3, -0.25) is 9.69 Å². The second-order valence-electron chi connectivity index (χ2n) is 7.04. The Labute approximate surface area is 174 Å². The van der Waals surface area contributed by atoms with Crippen molar-refractivity contribution in [3.05, 3.63) is 30.6 Å². The molecule has 0 saturated carbocycles. The van der Waals surface area contributed by atoms with E-state index in [2.05, 4.69) is 35.4 Å². The molecule has 0 unspecified atom stereocenters. The predicted molar refractivity (Wildman–Crippen MR) is 114 cm³/mol. The monoisotopic (exact) mass is 410 g/mol. The summed E-state index contributed by atoms with van der Waals surface area (Å²) in [4.78, 5) is 25.5. The molecule has 0 atom stereocenters. The fourth-order valence-corrected chi connectivity index (χ4v) is 3.55. The highest BCUT2D eigenvalue weighted by atomic mass is 16.5. The summed E-state index contributed by atoms with van der Waals surface area (Å²) in [5, 5.41) is 11.3. The van der Waals surface area contributed by atoms with Gasteiger partial charge in [0, 0.05) is 38.4 Å². The molecule has 4 rings (SSSR count). The third-order valence-electron chi connectivity index (χ3n) is 5.07. The molecule has 10 heteroatoms. The van der Waals surface area contributed by atoms with Crippen LogP contribution in [0.5, 0.6) is 5.75 Å². The number of benzene rings is 1. The first-order valence-corrected chi connectivity index (χ1v) is 10.2. The first kappa shape index (κ1) is 20.0. The number of anilines is 2. The number of fused-ring (bicyclic) bond motifs is 1. The van der Waals surface area contributed by atoms with Crippen molar-refractivity contribution >= 4 is 28.6 Å². The van der Waals surface area contributed by atoms with Gasteiger partial charge in [0.1, 0.15) is 12.1 Å². The highest BCUT2D eigenvalue weighted by Crippen LogP contribution is 2.21. The number of carbonyl (C=O) groups excluding carboxylic acids is 1. The summed E-state index contributed by atoms with van der Waals surface area (Å²) in [6.45, 7) is 8.70. The average Bonchev–Trinajstić information content (AvgIpc) is 3.19. The highest BCUT2D eigenvalue weighted by Gasteiger charge is 2.23. The van der Waals surface area contributed by atoms with E-state index in [-0.39, 0.29) is 5.91 Å². The molecule has 10 nitrogen and oxygen atoms in total. The SMILES string of the molecule is CCOc1ccc(NC(=O)CN2CCN(c3ncnc4c3nnn4CC)CC2)cc1. The van der Waals surface area contributed by atoms with E-state index in [1.807, 2.05) is 38.1 Å². The number of hydrogen-bond acceptors (Lipinski definition) is 8. The van der Waals surface area contributed by atoms with Crippen molar-refractivity contribution in [1.29, 1.82) is 0 Å². The van der Waals surface area contributed by atoms with Gasteiger partial charge in [-0.05, 0) is 38.1 Å². The van der Waals surface area contributed by atoms with Crippen LogP contribution in [0.25, 0.3) is 11.2 Å². The van der Waals surface area contributed by atoms with Gasteiger partial charge in [-0.25, -0.2) is 14.6 Å². The van der Waals surface area contributed by atoms with Gasteiger partial charge >= 0.3 is 0 Å². The highest BCUT2D eigenvalue weighted by molar-refractivity contribution is 5.92. The Hall–Kier alpha value is -3.27. The van der Waals surface area contributed by atoms with Gasteiger partial charge in [0.2, 0.25) is 5.91 Å². The number of carbonyl (C=O) groups is 1. The Morgan fingerprint density at radius 2 is 1.87 bits per heavy atom. The van der Waals surface area contributed by atoms with Crippen LogP contribution in [0.15, 0.2) is 30.6 Å². The van der Waals surface area contributed by atoms with Crippen molar-refractivity contribution in [3.63, 3.8) is 0 Å². The molecule has 1 N–H and O–H groups in total. The smallest absolute Gasteiger partial charge is 0.238 e. The van der Waals surface area contributed by atoms with E-state index in [0.29, 0.717) is 19.7 Å². The molecule has 1 amide bonds. The van der Waals surface area contributed by atoms with Crippen molar-refractivity contribution in [3.8, 4) is 5.75 Å². The zero-order valence-electron chi connectivity index (χ0n) is 17.3. The summed E-state index contributed by atoms with van der Waals surface area (Å²) in [5.74, 6) is 1.57. The first-order chi connectivity index (χ1) is 14.7. The van der Waals surface area contributed by atoms with Crippen LogP contribution in [-0.2, 0) is 11.3 Å². The maximum atomic E-state index is 12.4. The molecule has 0 spiro atoms. The van der Waals surface area contributed by atoms with E-state index in [4.69, 9.17) is 4.74 Å². The van der Waals surface area contributed by atoms with Crippen LogP contribution in [0.4, 0.5) is 11.5 Å². The molecule has 1 aliphatic heterocycles. The molecule has 3 heterocycles. The lowest BCUT2D eigenvalue weighted by molar-refractivity contribution is -0.117. The normalized spacial score (nSPS) is 14.8. The van der Waals surface area contributed by atoms with E-state index >= 15 is 0 Å². The number of aryl methyl sites for hydroxylation is 1. The average molecular weight is 410 g/mol. The number of rotatable bonds is 7. The van der Waals surface area contributed by atoms with Crippen molar-refractivity contribution < 1.29 is 9.53 Å². The fraction of sp³-hybridized carbons (Fsp3) is 0.450. The first-order valence-electron chi connectivity index (χ1n) is 10.2. The van der Waals surface area contributed by atoms with Crippen molar-refractivity contribution in [2.24, 2.45) is 0 Å². The van der Waals surface area contributed by atoms with Crippen LogP contribution in [0.3, 0.4) is 0 Å². The molecule has 0 radical (unpaired) electrons. The van der Waals surface area contributed by atoms with Crippen LogP contribution in [0.2, 0.25) is 0 Å². The number of aromatic nitrogens is 5. The molecule has 1 aliphatic rings. The van der Waals surface area contributed by atoms with Gasteiger partial charge in [0.05, 0.1) is 13.2 Å². The lowest BCUT2D eigenvalue weighted by atomic mass is 10.2. The number of nitrogens with zero attached hydrogens (tertiary/aromatic N) is 7. The Kier molecular flexibility index (Phi) is 6.03. The van der Waals surface area contributed by atoms with E-state index in [1.165, 1.54) is 0 Å². The van der Waals surface area contributed by atoms with Crippen molar-refractivity contribution in [1.82, 2.24) is 29.9 Å². The molecule has 158 valence electrons. The Morgan fingerprint density at radius 3 is 2.57 bits per heavy atom. The van der Waals surface area contributed by atoms with Crippen LogP contribution in [0, 0.1) is 0 Å². The van der Waals surface area contributed by atoms with Gasteiger partial charge in [0.15, 0.2) is 17.0 Å². The van der Waals surface area contributed by atoms with Gasteiger partial charge in [-0.15, -0.1) is 5.10 Å². The fourth-order valence-electron chi connectivity index (χ4n) is 3.55. The molecular formula is C20H26N8O2. The quantitative estimate of drug-likeness (QED) is 0.624. The van der Waals surface area contributed by atoms with Crippen LogP contribution < -0.4 is 15.0 Å². The largest absolute Gasteiger partial charge is 0.494 e. The molecule has 30 heavy (non-hydrogen) atoms. The number of amides is 1. The summed E-state index contributed by atoms with van der Waals surface area (Å²) >= 11 is 0. The van der Waals surface area contributed by atoms with Gasteiger partial charge in [0.25, 0.3) is 0 Å². The predicted octanol–water partition coefficient (Wildman–Crippen LogP) is 1.40.